The molecule has 0 atom stereocenters. The van der Waals surface area contributed by atoms with E-state index in [0.717, 1.165) is 5.56 Å². The van der Waals surface area contributed by atoms with Gasteiger partial charge < -0.3 is 19.4 Å². The smallest absolute Gasteiger partial charge is 0.371 e. The maximum absolute atomic E-state index is 11.9. The molecule has 8 nitrogen and oxygen atoms in total. The molecule has 0 fully saturated rings. The fourth-order valence-corrected chi connectivity index (χ4v) is 2.57. The number of carbonyl (C=O) groups is 2. The van der Waals surface area contributed by atoms with Crippen LogP contribution in [0.25, 0.3) is 11.4 Å². The highest BCUT2D eigenvalue weighted by atomic mass is 16.5. The van der Waals surface area contributed by atoms with Crippen molar-refractivity contribution in [3.63, 3.8) is 0 Å². The van der Waals surface area contributed by atoms with Gasteiger partial charge in [-0.2, -0.15) is 4.98 Å². The molecule has 0 aliphatic rings. The Morgan fingerprint density at radius 1 is 1.14 bits per heavy atom. The van der Waals surface area contributed by atoms with Crippen molar-refractivity contribution in [3.8, 4) is 11.4 Å². The summed E-state index contributed by atoms with van der Waals surface area (Å²) in [5.74, 6) is 0.148. The number of nitrogens with zero attached hydrogens (tertiary/aromatic N) is 2. The normalized spacial score (nSPS) is 11.0. The molecule has 8 heteroatoms. The fraction of sp³-hybridized carbons (Fsp3) is 0.300. The number of rotatable bonds is 8. The summed E-state index contributed by atoms with van der Waals surface area (Å²) >= 11 is 0. The van der Waals surface area contributed by atoms with Gasteiger partial charge in [-0.05, 0) is 23.6 Å². The number of nitrogens with one attached hydrogen (secondary N) is 1. The van der Waals surface area contributed by atoms with Gasteiger partial charge in [0.2, 0.25) is 23.4 Å². The number of carboxylic acids is 1. The highest BCUT2D eigenvalue weighted by molar-refractivity contribution is 5.84. The molecule has 0 aliphatic heterocycles. The largest absolute Gasteiger partial charge is 0.475 e. The molecule has 0 radical (unpaired) electrons. The maximum Gasteiger partial charge on any atom is 0.371 e. The number of furan rings is 1. The van der Waals surface area contributed by atoms with Gasteiger partial charge in [0.15, 0.2) is 0 Å². The molecule has 3 rings (SSSR count). The van der Waals surface area contributed by atoms with Crippen molar-refractivity contribution >= 4 is 11.9 Å². The summed E-state index contributed by atoms with van der Waals surface area (Å²) in [6.07, 6.45) is 0.474. The molecule has 28 heavy (non-hydrogen) atoms. The van der Waals surface area contributed by atoms with Crippen molar-refractivity contribution in [2.75, 3.05) is 0 Å². The molecule has 0 bridgehead atoms. The van der Waals surface area contributed by atoms with E-state index in [4.69, 9.17) is 14.0 Å². The second kappa shape index (κ2) is 8.51. The van der Waals surface area contributed by atoms with Crippen LogP contribution in [0.1, 0.15) is 54.0 Å². The van der Waals surface area contributed by atoms with E-state index in [1.807, 2.05) is 24.3 Å². The summed E-state index contributed by atoms with van der Waals surface area (Å²) in [7, 11) is 0. The van der Waals surface area contributed by atoms with Crippen LogP contribution in [0.2, 0.25) is 0 Å². The van der Waals surface area contributed by atoms with E-state index in [0.29, 0.717) is 29.8 Å². The number of carbonyl (C=O) groups excluding carboxylic acids is 1. The fourth-order valence-electron chi connectivity index (χ4n) is 2.57. The minimum absolute atomic E-state index is 0.114. The molecule has 2 N–H and O–H groups in total. The molecule has 0 aliphatic carbocycles. The second-order valence-corrected chi connectivity index (χ2v) is 6.64. The number of hydrogen-bond acceptors (Lipinski definition) is 6. The van der Waals surface area contributed by atoms with Gasteiger partial charge in [-0.25, -0.2) is 4.79 Å². The Kier molecular flexibility index (Phi) is 5.88. The SMILES string of the molecule is CC(C)c1ccc(-c2noc(CCC(=O)NCc3ccc(C(=O)O)o3)n2)cc1. The number of carboxylic acid groups (broad SMARTS) is 1. The van der Waals surface area contributed by atoms with Crippen LogP contribution in [0.3, 0.4) is 0 Å². The molecular weight excluding hydrogens is 362 g/mol. The maximum atomic E-state index is 11.9. The zero-order valence-corrected chi connectivity index (χ0v) is 15.6. The zero-order valence-electron chi connectivity index (χ0n) is 15.6. The van der Waals surface area contributed by atoms with Gasteiger partial charge in [0, 0.05) is 18.4 Å². The molecule has 0 saturated heterocycles. The van der Waals surface area contributed by atoms with E-state index in [-0.39, 0.29) is 24.6 Å². The first-order valence-electron chi connectivity index (χ1n) is 8.94. The molecule has 0 spiro atoms. The molecular formula is C20H21N3O5. The van der Waals surface area contributed by atoms with Crippen molar-refractivity contribution < 1.29 is 23.6 Å². The molecule has 2 aromatic heterocycles. The number of amides is 1. The average Bonchev–Trinajstić information content (AvgIpc) is 3.34. The standard InChI is InChI=1S/C20H21N3O5/c1-12(2)13-3-5-14(6-4-13)19-22-18(28-23-19)10-9-17(24)21-11-15-7-8-16(27-15)20(25)26/h3-8,12H,9-11H2,1-2H3,(H,21,24)(H,25,26). The van der Waals surface area contributed by atoms with Gasteiger partial charge in [0.1, 0.15) is 5.76 Å². The zero-order chi connectivity index (χ0) is 20.1. The Morgan fingerprint density at radius 2 is 1.89 bits per heavy atom. The Labute approximate surface area is 161 Å². The van der Waals surface area contributed by atoms with Crippen LogP contribution in [0.4, 0.5) is 0 Å². The first-order valence-corrected chi connectivity index (χ1v) is 8.94. The molecule has 1 amide bonds. The molecule has 146 valence electrons. The molecule has 0 saturated carbocycles. The van der Waals surface area contributed by atoms with E-state index in [1.54, 1.807) is 0 Å². The lowest BCUT2D eigenvalue weighted by Gasteiger charge is -2.04. The van der Waals surface area contributed by atoms with E-state index in [2.05, 4.69) is 29.3 Å². The quantitative estimate of drug-likeness (QED) is 0.612. The van der Waals surface area contributed by atoms with Gasteiger partial charge >= 0.3 is 5.97 Å². The second-order valence-electron chi connectivity index (χ2n) is 6.64. The third-order valence-corrected chi connectivity index (χ3v) is 4.20. The third-order valence-electron chi connectivity index (χ3n) is 4.20. The van der Waals surface area contributed by atoms with E-state index < -0.39 is 5.97 Å². The van der Waals surface area contributed by atoms with E-state index in [1.165, 1.54) is 17.7 Å². The Hall–Kier alpha value is -3.42. The predicted molar refractivity (Wildman–Crippen MR) is 99.7 cm³/mol. The first kappa shape index (κ1) is 19.3. The van der Waals surface area contributed by atoms with Crippen LogP contribution in [-0.2, 0) is 17.8 Å². The van der Waals surface area contributed by atoms with Crippen molar-refractivity contribution in [1.82, 2.24) is 15.5 Å². The van der Waals surface area contributed by atoms with Crippen molar-refractivity contribution in [1.29, 1.82) is 0 Å². The third kappa shape index (κ3) is 4.85. The first-order chi connectivity index (χ1) is 13.4. The van der Waals surface area contributed by atoms with Crippen LogP contribution >= 0.6 is 0 Å². The monoisotopic (exact) mass is 383 g/mol. The average molecular weight is 383 g/mol. The Morgan fingerprint density at radius 3 is 2.54 bits per heavy atom. The summed E-state index contributed by atoms with van der Waals surface area (Å²) in [6, 6.07) is 10.8. The number of aromatic nitrogens is 2. The number of benzene rings is 1. The van der Waals surface area contributed by atoms with Crippen LogP contribution in [0, 0.1) is 0 Å². The lowest BCUT2D eigenvalue weighted by molar-refractivity contribution is -0.121. The minimum atomic E-state index is -1.15. The van der Waals surface area contributed by atoms with Gasteiger partial charge in [-0.1, -0.05) is 43.3 Å². The van der Waals surface area contributed by atoms with Gasteiger partial charge in [-0.3, -0.25) is 4.79 Å². The van der Waals surface area contributed by atoms with Crippen molar-refractivity contribution in [3.05, 3.63) is 59.4 Å². The minimum Gasteiger partial charge on any atom is -0.475 e. The van der Waals surface area contributed by atoms with E-state index >= 15 is 0 Å². The topological polar surface area (TPSA) is 118 Å². The molecule has 1 aromatic carbocycles. The lowest BCUT2D eigenvalue weighted by Crippen LogP contribution is -2.22. The van der Waals surface area contributed by atoms with Gasteiger partial charge in [-0.15, -0.1) is 0 Å². The molecule has 2 heterocycles. The predicted octanol–water partition coefficient (Wildman–Crippen LogP) is 3.40. The highest BCUT2D eigenvalue weighted by Crippen LogP contribution is 2.20. The number of aromatic carboxylic acids is 1. The van der Waals surface area contributed by atoms with Gasteiger partial charge in [0.25, 0.3) is 0 Å². The van der Waals surface area contributed by atoms with Crippen LogP contribution < -0.4 is 5.32 Å². The summed E-state index contributed by atoms with van der Waals surface area (Å²) in [6.45, 7) is 4.37. The van der Waals surface area contributed by atoms with Crippen LogP contribution in [-0.4, -0.2) is 27.1 Å². The van der Waals surface area contributed by atoms with Crippen molar-refractivity contribution in [2.24, 2.45) is 0 Å². The molecule has 0 unspecified atom stereocenters. The summed E-state index contributed by atoms with van der Waals surface area (Å²) in [5.41, 5.74) is 2.09. The van der Waals surface area contributed by atoms with Crippen LogP contribution in [0.5, 0.6) is 0 Å². The summed E-state index contributed by atoms with van der Waals surface area (Å²) < 4.78 is 10.3. The lowest BCUT2D eigenvalue weighted by atomic mass is 10.0. The van der Waals surface area contributed by atoms with Crippen molar-refractivity contribution in [2.45, 2.75) is 39.2 Å². The highest BCUT2D eigenvalue weighted by Gasteiger charge is 2.13. The summed E-state index contributed by atoms with van der Waals surface area (Å²) in [5, 5.41) is 15.4. The Bertz CT molecular complexity index is 956. The number of aryl methyl sites for hydroxylation is 1. The Balaban J connectivity index is 1.49. The van der Waals surface area contributed by atoms with Crippen LogP contribution in [0.15, 0.2) is 45.3 Å². The van der Waals surface area contributed by atoms with E-state index in [9.17, 15) is 9.59 Å². The summed E-state index contributed by atoms with van der Waals surface area (Å²) in [4.78, 5) is 27.0. The number of hydrogen-bond donors (Lipinski definition) is 2. The molecule has 3 aromatic rings. The van der Waals surface area contributed by atoms with Gasteiger partial charge in [0.05, 0.1) is 6.54 Å².